The summed E-state index contributed by atoms with van der Waals surface area (Å²) in [5, 5.41) is 0. The van der Waals surface area contributed by atoms with Crippen LogP contribution in [0.25, 0.3) is 11.1 Å². The molecule has 8 heteroatoms. The Morgan fingerprint density at radius 1 is 1.37 bits per heavy atom. The van der Waals surface area contributed by atoms with E-state index < -0.39 is 0 Å². The van der Waals surface area contributed by atoms with Gasteiger partial charge >= 0.3 is 0 Å². The van der Waals surface area contributed by atoms with Crippen LogP contribution in [-0.4, -0.2) is 60.1 Å². The first-order valence-corrected chi connectivity index (χ1v) is 10.2. The molecule has 0 unspecified atom stereocenters. The standard InChI is InChI=1S/C22H29N5O3/c1-3-27(18-7-11-26(12-8-18)21(28)5-4-9-23)19-13-17(15-25-22(19)29)16-6-10-24-20(14-16)30-2/h4-6,10,13-15,18H,3,7-9,11-12,23H2,1-2H3,(H,25,29)/b5-4+. The highest BCUT2D eigenvalue weighted by Crippen LogP contribution is 2.26. The number of methoxy groups -OCH3 is 1. The van der Waals surface area contributed by atoms with Gasteiger partial charge in [-0.25, -0.2) is 4.98 Å². The van der Waals surface area contributed by atoms with Gasteiger partial charge in [-0.3, -0.25) is 9.59 Å². The van der Waals surface area contributed by atoms with E-state index in [0.29, 0.717) is 37.7 Å². The normalized spacial score (nSPS) is 14.8. The van der Waals surface area contributed by atoms with E-state index in [4.69, 9.17) is 10.5 Å². The highest BCUT2D eigenvalue weighted by molar-refractivity contribution is 5.87. The van der Waals surface area contributed by atoms with Gasteiger partial charge in [-0.1, -0.05) is 6.08 Å². The number of nitrogens with zero attached hydrogens (tertiary/aromatic N) is 3. The summed E-state index contributed by atoms with van der Waals surface area (Å²) < 4.78 is 5.21. The lowest BCUT2D eigenvalue weighted by molar-refractivity contribution is -0.127. The summed E-state index contributed by atoms with van der Waals surface area (Å²) >= 11 is 0. The van der Waals surface area contributed by atoms with Gasteiger partial charge < -0.3 is 25.3 Å². The van der Waals surface area contributed by atoms with Crippen molar-refractivity contribution in [3.05, 3.63) is 53.1 Å². The molecule has 2 aromatic rings. The van der Waals surface area contributed by atoms with E-state index in [-0.39, 0.29) is 17.5 Å². The zero-order valence-electron chi connectivity index (χ0n) is 17.5. The first kappa shape index (κ1) is 21.6. The van der Waals surface area contributed by atoms with Crippen LogP contribution in [0.5, 0.6) is 5.88 Å². The Bertz CT molecular complexity index is 948. The molecule has 30 heavy (non-hydrogen) atoms. The van der Waals surface area contributed by atoms with Gasteiger partial charge in [-0.2, -0.15) is 0 Å². The van der Waals surface area contributed by atoms with Crippen LogP contribution in [0, 0.1) is 0 Å². The third kappa shape index (κ3) is 4.88. The molecule has 0 aromatic carbocycles. The Morgan fingerprint density at radius 2 is 2.13 bits per heavy atom. The van der Waals surface area contributed by atoms with E-state index >= 15 is 0 Å². The fourth-order valence-corrected chi connectivity index (χ4v) is 3.85. The fourth-order valence-electron chi connectivity index (χ4n) is 3.85. The molecule has 8 nitrogen and oxygen atoms in total. The van der Waals surface area contributed by atoms with Gasteiger partial charge in [0, 0.05) is 62.3 Å². The molecule has 1 amide bonds. The number of carbonyl (C=O) groups excluding carboxylic acids is 1. The predicted molar refractivity (Wildman–Crippen MR) is 118 cm³/mol. The molecular formula is C22H29N5O3. The lowest BCUT2D eigenvalue weighted by atomic mass is 10.0. The zero-order chi connectivity index (χ0) is 21.5. The minimum atomic E-state index is -0.119. The van der Waals surface area contributed by atoms with Crippen molar-refractivity contribution >= 4 is 11.6 Å². The number of hydrogen-bond acceptors (Lipinski definition) is 6. The van der Waals surface area contributed by atoms with E-state index in [9.17, 15) is 9.59 Å². The summed E-state index contributed by atoms with van der Waals surface area (Å²) in [6.45, 7) is 4.43. The molecule has 0 aliphatic carbocycles. The number of pyridine rings is 2. The van der Waals surface area contributed by atoms with E-state index in [0.717, 1.165) is 24.0 Å². The number of amides is 1. The third-order valence-corrected chi connectivity index (χ3v) is 5.42. The molecule has 1 fully saturated rings. The number of aromatic nitrogens is 2. The van der Waals surface area contributed by atoms with Crippen LogP contribution in [0.1, 0.15) is 19.8 Å². The molecule has 1 saturated heterocycles. The second-order valence-electron chi connectivity index (χ2n) is 7.17. The maximum atomic E-state index is 12.6. The Labute approximate surface area is 176 Å². The summed E-state index contributed by atoms with van der Waals surface area (Å²) in [5.74, 6) is 0.516. The highest BCUT2D eigenvalue weighted by Gasteiger charge is 2.27. The third-order valence-electron chi connectivity index (χ3n) is 5.42. The van der Waals surface area contributed by atoms with Crippen LogP contribution in [0.4, 0.5) is 5.69 Å². The summed E-state index contributed by atoms with van der Waals surface area (Å²) in [6.07, 6.45) is 8.22. The summed E-state index contributed by atoms with van der Waals surface area (Å²) in [6, 6.07) is 5.83. The number of hydrogen-bond donors (Lipinski definition) is 2. The maximum Gasteiger partial charge on any atom is 0.271 e. The predicted octanol–water partition coefficient (Wildman–Crippen LogP) is 1.78. The molecule has 0 radical (unpaired) electrons. The molecule has 1 aliphatic rings. The first-order valence-electron chi connectivity index (χ1n) is 10.2. The number of aromatic amines is 1. The van der Waals surface area contributed by atoms with Gasteiger partial charge in [0.2, 0.25) is 11.8 Å². The van der Waals surface area contributed by atoms with Crippen molar-refractivity contribution in [3.8, 4) is 17.0 Å². The molecule has 3 N–H and O–H groups in total. The summed E-state index contributed by atoms with van der Waals surface area (Å²) in [7, 11) is 1.58. The van der Waals surface area contributed by atoms with Gasteiger partial charge in [0.25, 0.3) is 5.56 Å². The molecule has 1 aliphatic heterocycles. The smallest absolute Gasteiger partial charge is 0.271 e. The van der Waals surface area contributed by atoms with Gasteiger partial charge in [0.05, 0.1) is 7.11 Å². The minimum Gasteiger partial charge on any atom is -0.481 e. The molecular weight excluding hydrogens is 382 g/mol. The van der Waals surface area contributed by atoms with Crippen LogP contribution >= 0.6 is 0 Å². The van der Waals surface area contributed by atoms with E-state index in [1.54, 1.807) is 25.6 Å². The van der Waals surface area contributed by atoms with Crippen LogP contribution < -0.4 is 20.9 Å². The van der Waals surface area contributed by atoms with Crippen molar-refractivity contribution in [1.29, 1.82) is 0 Å². The SMILES string of the molecule is CCN(c1cc(-c2ccnc(OC)c2)c[nH]c1=O)C1CCN(C(=O)/C=C/CN)CC1. The van der Waals surface area contributed by atoms with Crippen molar-refractivity contribution in [3.63, 3.8) is 0 Å². The number of nitrogens with one attached hydrogen (secondary N) is 1. The van der Waals surface area contributed by atoms with E-state index in [1.165, 1.54) is 6.08 Å². The Morgan fingerprint density at radius 3 is 2.80 bits per heavy atom. The average molecular weight is 412 g/mol. The average Bonchev–Trinajstić information content (AvgIpc) is 2.79. The second kappa shape index (κ2) is 10.1. The number of anilines is 1. The Kier molecular flexibility index (Phi) is 7.24. The van der Waals surface area contributed by atoms with Crippen LogP contribution in [0.15, 0.2) is 47.5 Å². The Balaban J connectivity index is 1.79. The molecule has 160 valence electrons. The minimum absolute atomic E-state index is 0.00609. The van der Waals surface area contributed by atoms with Gasteiger partial charge in [-0.05, 0) is 37.5 Å². The molecule has 3 rings (SSSR count). The number of likely N-dealkylation sites (tertiary alicyclic amines) is 1. The van der Waals surface area contributed by atoms with Crippen molar-refractivity contribution < 1.29 is 9.53 Å². The fraction of sp³-hybridized carbons (Fsp3) is 0.409. The van der Waals surface area contributed by atoms with Crippen LogP contribution in [-0.2, 0) is 4.79 Å². The second-order valence-corrected chi connectivity index (χ2v) is 7.17. The molecule has 0 atom stereocenters. The van der Waals surface area contributed by atoms with Gasteiger partial charge in [-0.15, -0.1) is 0 Å². The summed E-state index contributed by atoms with van der Waals surface area (Å²) in [5.41, 5.74) is 7.76. The number of rotatable bonds is 7. The number of H-pyrrole nitrogens is 1. The molecule has 0 spiro atoms. The highest BCUT2D eigenvalue weighted by atomic mass is 16.5. The monoisotopic (exact) mass is 411 g/mol. The van der Waals surface area contributed by atoms with Gasteiger partial charge in [0.1, 0.15) is 5.69 Å². The largest absolute Gasteiger partial charge is 0.481 e. The van der Waals surface area contributed by atoms with Crippen molar-refractivity contribution in [2.75, 3.05) is 38.2 Å². The number of carbonyl (C=O) groups is 1. The maximum absolute atomic E-state index is 12.6. The first-order chi connectivity index (χ1) is 14.6. The molecule has 0 bridgehead atoms. The van der Waals surface area contributed by atoms with E-state index in [2.05, 4.69) is 14.9 Å². The number of piperidine rings is 1. The zero-order valence-corrected chi connectivity index (χ0v) is 17.5. The van der Waals surface area contributed by atoms with E-state index in [1.807, 2.05) is 30.0 Å². The molecule has 2 aromatic heterocycles. The lowest BCUT2D eigenvalue weighted by Crippen LogP contribution is -2.47. The molecule has 3 heterocycles. The van der Waals surface area contributed by atoms with Gasteiger partial charge in [0.15, 0.2) is 0 Å². The van der Waals surface area contributed by atoms with Crippen molar-refractivity contribution in [1.82, 2.24) is 14.9 Å². The topological polar surface area (TPSA) is 105 Å². The Hall–Kier alpha value is -3.13. The molecule has 0 saturated carbocycles. The lowest BCUT2D eigenvalue weighted by Gasteiger charge is -2.38. The van der Waals surface area contributed by atoms with Crippen molar-refractivity contribution in [2.24, 2.45) is 5.73 Å². The number of ether oxygens (including phenoxy) is 1. The van der Waals surface area contributed by atoms with Crippen LogP contribution in [0.3, 0.4) is 0 Å². The van der Waals surface area contributed by atoms with Crippen molar-refractivity contribution in [2.45, 2.75) is 25.8 Å². The summed E-state index contributed by atoms with van der Waals surface area (Å²) in [4.78, 5) is 35.8. The number of nitrogens with two attached hydrogens (primary N) is 1. The van der Waals surface area contributed by atoms with Crippen LogP contribution in [0.2, 0.25) is 0 Å². The quantitative estimate of drug-likeness (QED) is 0.673.